The first-order valence-corrected chi connectivity index (χ1v) is 8.13. The molecule has 1 aliphatic rings. The molecule has 1 aromatic carbocycles. The zero-order chi connectivity index (χ0) is 15.6. The summed E-state index contributed by atoms with van der Waals surface area (Å²) < 4.78 is 8.09. The van der Waals surface area contributed by atoms with E-state index in [4.69, 9.17) is 4.74 Å². The predicted molar refractivity (Wildman–Crippen MR) is 87.9 cm³/mol. The molecule has 0 radical (unpaired) electrons. The van der Waals surface area contributed by atoms with Crippen LogP contribution in [0, 0.1) is 0 Å². The van der Waals surface area contributed by atoms with Gasteiger partial charge in [0.05, 0.1) is 11.7 Å². The fourth-order valence-electron chi connectivity index (χ4n) is 3.24. The number of hydrogen-bond acceptors (Lipinski definition) is 4. The molecule has 4 rings (SSSR count). The van der Waals surface area contributed by atoms with Crippen molar-refractivity contribution in [2.24, 2.45) is 0 Å². The van der Waals surface area contributed by atoms with Crippen LogP contribution in [0.5, 0.6) is 0 Å². The van der Waals surface area contributed by atoms with Gasteiger partial charge in [-0.05, 0) is 25.0 Å². The van der Waals surface area contributed by atoms with Crippen molar-refractivity contribution in [2.75, 3.05) is 6.61 Å². The Kier molecular flexibility index (Phi) is 3.85. The van der Waals surface area contributed by atoms with Crippen molar-refractivity contribution in [3.8, 4) is 0 Å². The molecule has 23 heavy (non-hydrogen) atoms. The minimum Gasteiger partial charge on any atom is -0.369 e. The van der Waals surface area contributed by atoms with E-state index in [0.717, 1.165) is 42.8 Å². The number of aryl methyl sites for hydroxylation is 1. The van der Waals surface area contributed by atoms with Gasteiger partial charge in [0, 0.05) is 43.5 Å². The van der Waals surface area contributed by atoms with E-state index in [1.165, 1.54) is 5.56 Å². The van der Waals surface area contributed by atoms with Crippen molar-refractivity contribution in [3.63, 3.8) is 0 Å². The lowest BCUT2D eigenvalue weighted by molar-refractivity contribution is 0.0886. The van der Waals surface area contributed by atoms with Crippen molar-refractivity contribution < 1.29 is 4.74 Å². The van der Waals surface area contributed by atoms with Crippen molar-refractivity contribution >= 4 is 10.9 Å². The van der Waals surface area contributed by atoms with Gasteiger partial charge in [-0.2, -0.15) is 5.10 Å². The third-order valence-electron chi connectivity index (χ3n) is 4.51. The number of hydrogen-bond donors (Lipinski definition) is 2. The molecule has 2 atom stereocenters. The molecule has 1 saturated heterocycles. The summed E-state index contributed by atoms with van der Waals surface area (Å²) in [6.07, 6.45) is 6.75. The van der Waals surface area contributed by atoms with Gasteiger partial charge in [0.15, 0.2) is 0 Å². The Morgan fingerprint density at radius 3 is 3.30 bits per heavy atom. The van der Waals surface area contributed by atoms with Gasteiger partial charge >= 0.3 is 0 Å². The third-order valence-corrected chi connectivity index (χ3v) is 4.51. The van der Waals surface area contributed by atoms with Gasteiger partial charge in [-0.3, -0.25) is 5.10 Å². The van der Waals surface area contributed by atoms with Gasteiger partial charge < -0.3 is 14.6 Å². The van der Waals surface area contributed by atoms with Crippen LogP contribution in [0.4, 0.5) is 0 Å². The van der Waals surface area contributed by atoms with Gasteiger partial charge in [0.2, 0.25) is 0 Å². The Balaban J connectivity index is 1.47. The van der Waals surface area contributed by atoms with E-state index in [0.29, 0.717) is 6.04 Å². The fourth-order valence-corrected chi connectivity index (χ4v) is 3.24. The number of H-pyrrole nitrogens is 1. The summed E-state index contributed by atoms with van der Waals surface area (Å²) in [7, 11) is 0. The molecule has 2 N–H and O–H groups in total. The molecule has 3 aromatic rings. The fraction of sp³-hybridized carbons (Fsp3) is 0.412. The van der Waals surface area contributed by atoms with Crippen LogP contribution in [0.15, 0.2) is 36.8 Å². The molecule has 0 amide bonds. The third kappa shape index (κ3) is 2.75. The minimum absolute atomic E-state index is 0.0286. The van der Waals surface area contributed by atoms with Crippen LogP contribution in [0.2, 0.25) is 0 Å². The predicted octanol–water partition coefficient (Wildman–Crippen LogP) is 2.40. The number of fused-ring (bicyclic) bond motifs is 1. The Labute approximate surface area is 134 Å². The average molecular weight is 311 g/mol. The van der Waals surface area contributed by atoms with Gasteiger partial charge in [-0.15, -0.1) is 0 Å². The molecule has 120 valence electrons. The SMILES string of the molecule is CCn1ccnc1[C@H]1OCC[C@@H]1NCc1ccc2cn[nH]c2c1. The summed E-state index contributed by atoms with van der Waals surface area (Å²) >= 11 is 0. The Morgan fingerprint density at radius 1 is 1.43 bits per heavy atom. The number of benzene rings is 1. The van der Waals surface area contributed by atoms with Crippen LogP contribution in [0.3, 0.4) is 0 Å². The number of rotatable bonds is 5. The van der Waals surface area contributed by atoms with Crippen molar-refractivity contribution in [3.05, 3.63) is 48.2 Å². The van der Waals surface area contributed by atoms with Crippen LogP contribution in [-0.2, 0) is 17.8 Å². The standard InChI is InChI=1S/C17H21N5O/c1-2-22-7-6-18-17(22)16-14(5-8-23-16)19-10-12-3-4-13-11-20-21-15(13)9-12/h3-4,6-7,9,11,14,16,19H,2,5,8,10H2,1H3,(H,20,21)/t14-,16-/m0/s1. The molecule has 2 aromatic heterocycles. The lowest BCUT2D eigenvalue weighted by Crippen LogP contribution is -2.32. The molecular weight excluding hydrogens is 290 g/mol. The van der Waals surface area contributed by atoms with Gasteiger partial charge in [-0.25, -0.2) is 4.98 Å². The molecule has 1 aliphatic heterocycles. The number of aromatic nitrogens is 4. The highest BCUT2D eigenvalue weighted by Crippen LogP contribution is 2.28. The summed E-state index contributed by atoms with van der Waals surface area (Å²) in [6.45, 7) is 4.63. The highest BCUT2D eigenvalue weighted by molar-refractivity contribution is 5.78. The summed E-state index contributed by atoms with van der Waals surface area (Å²) in [5, 5.41) is 11.9. The maximum atomic E-state index is 5.94. The second-order valence-corrected chi connectivity index (χ2v) is 5.93. The Hall–Kier alpha value is -2.18. The molecule has 0 saturated carbocycles. The van der Waals surface area contributed by atoms with E-state index in [2.05, 4.69) is 50.2 Å². The summed E-state index contributed by atoms with van der Waals surface area (Å²) in [5.41, 5.74) is 2.32. The molecule has 6 heteroatoms. The Bertz CT molecular complexity index is 793. The molecule has 0 bridgehead atoms. The highest BCUT2D eigenvalue weighted by Gasteiger charge is 2.32. The van der Waals surface area contributed by atoms with Crippen molar-refractivity contribution in [2.45, 2.75) is 38.6 Å². The van der Waals surface area contributed by atoms with E-state index in [1.807, 2.05) is 18.6 Å². The molecule has 1 fully saturated rings. The van der Waals surface area contributed by atoms with Gasteiger partial charge in [0.25, 0.3) is 0 Å². The topological polar surface area (TPSA) is 67.8 Å². The second kappa shape index (κ2) is 6.14. The molecule has 3 heterocycles. The first-order chi connectivity index (χ1) is 11.3. The van der Waals surface area contributed by atoms with Crippen LogP contribution >= 0.6 is 0 Å². The quantitative estimate of drug-likeness (QED) is 0.759. The molecular formula is C17H21N5O. The van der Waals surface area contributed by atoms with Gasteiger partial charge in [0.1, 0.15) is 11.9 Å². The number of imidazole rings is 1. The highest BCUT2D eigenvalue weighted by atomic mass is 16.5. The largest absolute Gasteiger partial charge is 0.369 e. The zero-order valence-electron chi connectivity index (χ0n) is 13.2. The number of aromatic amines is 1. The van der Waals surface area contributed by atoms with Crippen molar-refractivity contribution in [1.29, 1.82) is 0 Å². The van der Waals surface area contributed by atoms with E-state index in [1.54, 1.807) is 0 Å². The van der Waals surface area contributed by atoms with Crippen LogP contribution < -0.4 is 5.32 Å². The number of ether oxygens (including phenoxy) is 1. The van der Waals surface area contributed by atoms with Crippen molar-refractivity contribution in [1.82, 2.24) is 25.1 Å². The molecule has 6 nitrogen and oxygen atoms in total. The van der Waals surface area contributed by atoms with E-state index in [-0.39, 0.29) is 6.10 Å². The molecule has 0 spiro atoms. The summed E-state index contributed by atoms with van der Waals surface area (Å²) in [6, 6.07) is 6.68. The summed E-state index contributed by atoms with van der Waals surface area (Å²) in [4.78, 5) is 4.49. The lowest BCUT2D eigenvalue weighted by atomic mass is 10.1. The smallest absolute Gasteiger partial charge is 0.139 e. The maximum absolute atomic E-state index is 5.94. The van der Waals surface area contributed by atoms with E-state index >= 15 is 0 Å². The minimum atomic E-state index is 0.0286. The van der Waals surface area contributed by atoms with E-state index < -0.39 is 0 Å². The second-order valence-electron chi connectivity index (χ2n) is 5.93. The monoisotopic (exact) mass is 311 g/mol. The van der Waals surface area contributed by atoms with Gasteiger partial charge in [-0.1, -0.05) is 12.1 Å². The number of nitrogens with zero attached hydrogens (tertiary/aromatic N) is 3. The normalized spacial score (nSPS) is 21.3. The summed E-state index contributed by atoms with van der Waals surface area (Å²) in [5.74, 6) is 1.02. The maximum Gasteiger partial charge on any atom is 0.139 e. The molecule has 0 aliphatic carbocycles. The van der Waals surface area contributed by atoms with E-state index in [9.17, 15) is 0 Å². The lowest BCUT2D eigenvalue weighted by Gasteiger charge is -2.20. The molecule has 0 unspecified atom stereocenters. The number of nitrogens with one attached hydrogen (secondary N) is 2. The zero-order valence-corrected chi connectivity index (χ0v) is 13.2. The first kappa shape index (κ1) is 14.4. The average Bonchev–Trinajstić information content (AvgIpc) is 3.30. The first-order valence-electron chi connectivity index (χ1n) is 8.13. The van der Waals surface area contributed by atoms with Crippen LogP contribution in [-0.4, -0.2) is 32.4 Å². The van der Waals surface area contributed by atoms with Crippen LogP contribution in [0.1, 0.15) is 30.8 Å². The Morgan fingerprint density at radius 2 is 2.39 bits per heavy atom. The van der Waals surface area contributed by atoms with Crippen LogP contribution in [0.25, 0.3) is 10.9 Å².